The van der Waals surface area contributed by atoms with Crippen LogP contribution in [0.25, 0.3) is 0 Å². The Hall–Kier alpha value is -1.85. The van der Waals surface area contributed by atoms with Crippen LogP contribution in [0.15, 0.2) is 0 Å². The summed E-state index contributed by atoms with van der Waals surface area (Å²) in [7, 11) is 0. The molecule has 5 heteroatoms. The van der Waals surface area contributed by atoms with E-state index in [0.29, 0.717) is 22.5 Å². The van der Waals surface area contributed by atoms with Gasteiger partial charge in [-0.15, -0.1) is 0 Å². The maximum atomic E-state index is 8.94. The number of nitrogens with zero attached hydrogens (tertiary/aromatic N) is 2. The minimum atomic E-state index is 0.217. The minimum Gasteiger partial charge on any atom is -0.491 e. The molecule has 0 aliphatic carbocycles. The molecule has 0 aliphatic heterocycles. The number of pyridine rings is 1. The minimum absolute atomic E-state index is 0.217. The molecule has 0 bridgehead atoms. The van der Waals surface area contributed by atoms with Gasteiger partial charge in [-0.1, -0.05) is 12.2 Å². The predicted molar refractivity (Wildman–Crippen MR) is 57.0 cm³/mol. The average molecular weight is 219 g/mol. The van der Waals surface area contributed by atoms with Gasteiger partial charge in [-0.3, -0.25) is 0 Å². The van der Waals surface area contributed by atoms with Gasteiger partial charge in [-0.05, 0) is 13.8 Å². The van der Waals surface area contributed by atoms with E-state index in [1.165, 1.54) is 0 Å². The molecule has 0 fully saturated rings. The lowest BCUT2D eigenvalue weighted by atomic mass is 10.1. The molecule has 0 unspecified atom stereocenters. The van der Waals surface area contributed by atoms with Gasteiger partial charge in [-0.25, -0.2) is 0 Å². The van der Waals surface area contributed by atoms with E-state index in [2.05, 4.69) is 4.98 Å². The molecule has 1 aromatic rings. The summed E-state index contributed by atoms with van der Waals surface area (Å²) in [5.74, 6) is 0.281. The molecular weight excluding hydrogens is 210 g/mol. The van der Waals surface area contributed by atoms with Crippen molar-refractivity contribution < 1.29 is 4.74 Å². The first-order valence-corrected chi connectivity index (χ1v) is 4.76. The van der Waals surface area contributed by atoms with Gasteiger partial charge in [0.2, 0.25) is 0 Å². The molecule has 0 spiro atoms. The third-order valence-electron chi connectivity index (χ3n) is 1.87. The predicted octanol–water partition coefficient (Wildman–Crippen LogP) is 2.19. The highest BCUT2D eigenvalue weighted by Gasteiger charge is 2.14. The molecule has 1 rings (SSSR count). The van der Waals surface area contributed by atoms with Crippen molar-refractivity contribution in [3.05, 3.63) is 21.5 Å². The molecule has 1 heterocycles. The quantitative estimate of drug-likeness (QED) is 0.774. The number of aryl methyl sites for hydroxylation is 1. The summed E-state index contributed by atoms with van der Waals surface area (Å²) in [5, 5.41) is 17.9. The van der Waals surface area contributed by atoms with Crippen molar-refractivity contribution in [3.8, 4) is 17.9 Å². The largest absolute Gasteiger partial charge is 0.491 e. The number of hydrogen-bond acceptors (Lipinski definition) is 4. The van der Waals surface area contributed by atoms with Crippen LogP contribution in [0.5, 0.6) is 5.75 Å². The molecule has 0 radical (unpaired) electrons. The van der Waals surface area contributed by atoms with E-state index in [9.17, 15) is 0 Å². The van der Waals surface area contributed by atoms with E-state index in [4.69, 9.17) is 27.5 Å². The van der Waals surface area contributed by atoms with Gasteiger partial charge in [0.05, 0.1) is 6.61 Å². The Kier molecular flexibility index (Phi) is 3.43. The zero-order valence-electron chi connectivity index (χ0n) is 8.42. The number of hydrogen-bond donors (Lipinski definition) is 1. The van der Waals surface area contributed by atoms with Crippen LogP contribution in [-0.2, 0) is 0 Å². The lowest BCUT2D eigenvalue weighted by Crippen LogP contribution is -2.02. The molecule has 15 heavy (non-hydrogen) atoms. The Morgan fingerprint density at radius 3 is 2.40 bits per heavy atom. The van der Waals surface area contributed by atoms with Gasteiger partial charge >= 0.3 is 0 Å². The Balaban J connectivity index is 3.62. The first-order valence-electron chi connectivity index (χ1n) is 4.35. The van der Waals surface area contributed by atoms with Crippen molar-refractivity contribution in [1.82, 2.24) is 4.98 Å². The standard InChI is InChI=1S/C10H9N3OS/c1-3-14-9-7(4-11)6(2)13-10(15)8(9)5-12/h3H2,1-2H3,(H,13,15). The number of aromatic amines is 1. The summed E-state index contributed by atoms with van der Waals surface area (Å²) in [6.45, 7) is 3.90. The third-order valence-corrected chi connectivity index (χ3v) is 2.18. The maximum absolute atomic E-state index is 8.94. The normalized spacial score (nSPS) is 9.07. The summed E-state index contributed by atoms with van der Waals surface area (Å²) < 4.78 is 5.58. The van der Waals surface area contributed by atoms with Crippen molar-refractivity contribution >= 4 is 12.2 Å². The van der Waals surface area contributed by atoms with Gasteiger partial charge in [0.15, 0.2) is 5.75 Å². The number of rotatable bonds is 2. The van der Waals surface area contributed by atoms with Crippen LogP contribution in [0.2, 0.25) is 0 Å². The number of ether oxygens (including phenoxy) is 1. The van der Waals surface area contributed by atoms with E-state index >= 15 is 0 Å². The van der Waals surface area contributed by atoms with Crippen LogP contribution in [0.3, 0.4) is 0 Å². The highest BCUT2D eigenvalue weighted by Crippen LogP contribution is 2.25. The fourth-order valence-electron chi connectivity index (χ4n) is 1.22. The number of aromatic nitrogens is 1. The zero-order chi connectivity index (χ0) is 11.4. The van der Waals surface area contributed by atoms with E-state index in [1.54, 1.807) is 13.8 Å². The van der Waals surface area contributed by atoms with Crippen molar-refractivity contribution in [2.45, 2.75) is 13.8 Å². The Morgan fingerprint density at radius 1 is 1.33 bits per heavy atom. The van der Waals surface area contributed by atoms with E-state index in [0.717, 1.165) is 0 Å². The second-order valence-corrected chi connectivity index (χ2v) is 3.22. The SMILES string of the molecule is CCOc1c(C#N)c(C)[nH]c(=S)c1C#N. The fourth-order valence-corrected chi connectivity index (χ4v) is 1.51. The summed E-state index contributed by atoms with van der Waals surface area (Å²) in [6, 6.07) is 3.94. The molecule has 0 saturated heterocycles. The lowest BCUT2D eigenvalue weighted by molar-refractivity contribution is 0.337. The summed E-state index contributed by atoms with van der Waals surface area (Å²) in [6.07, 6.45) is 0. The van der Waals surface area contributed by atoms with Gasteiger partial charge in [0.1, 0.15) is 27.9 Å². The first-order chi connectivity index (χ1) is 7.15. The number of nitriles is 2. The van der Waals surface area contributed by atoms with Crippen LogP contribution in [0.1, 0.15) is 23.7 Å². The second kappa shape index (κ2) is 4.59. The van der Waals surface area contributed by atoms with Gasteiger partial charge in [-0.2, -0.15) is 10.5 Å². The van der Waals surface area contributed by atoms with E-state index < -0.39 is 0 Å². The Labute approximate surface area is 92.7 Å². The highest BCUT2D eigenvalue weighted by molar-refractivity contribution is 7.71. The van der Waals surface area contributed by atoms with Gasteiger partial charge < -0.3 is 9.72 Å². The fraction of sp³-hybridized carbons (Fsp3) is 0.300. The van der Waals surface area contributed by atoms with Crippen molar-refractivity contribution in [2.75, 3.05) is 6.61 Å². The summed E-state index contributed by atoms with van der Waals surface area (Å²) in [5.41, 5.74) is 1.17. The van der Waals surface area contributed by atoms with Gasteiger partial charge in [0.25, 0.3) is 0 Å². The molecule has 1 N–H and O–H groups in total. The van der Waals surface area contributed by atoms with Crippen molar-refractivity contribution in [2.24, 2.45) is 0 Å². The molecule has 1 aromatic heterocycles. The molecular formula is C10H9N3OS. The van der Waals surface area contributed by atoms with E-state index in [-0.39, 0.29) is 11.3 Å². The van der Waals surface area contributed by atoms with Crippen molar-refractivity contribution in [1.29, 1.82) is 10.5 Å². The zero-order valence-corrected chi connectivity index (χ0v) is 9.23. The van der Waals surface area contributed by atoms with Crippen LogP contribution in [-0.4, -0.2) is 11.6 Å². The summed E-state index contributed by atoms with van der Waals surface area (Å²) in [4.78, 5) is 2.80. The highest BCUT2D eigenvalue weighted by atomic mass is 32.1. The molecule has 0 atom stereocenters. The number of nitrogens with one attached hydrogen (secondary N) is 1. The molecule has 0 aromatic carbocycles. The Morgan fingerprint density at radius 2 is 1.93 bits per heavy atom. The number of H-pyrrole nitrogens is 1. The third kappa shape index (κ3) is 1.98. The van der Waals surface area contributed by atoms with Crippen LogP contribution in [0.4, 0.5) is 0 Å². The molecule has 0 saturated carbocycles. The Bertz CT molecular complexity index is 519. The second-order valence-electron chi connectivity index (χ2n) is 2.81. The van der Waals surface area contributed by atoms with Crippen LogP contribution in [0, 0.1) is 34.2 Å². The van der Waals surface area contributed by atoms with Crippen LogP contribution < -0.4 is 4.74 Å². The van der Waals surface area contributed by atoms with Crippen LogP contribution >= 0.6 is 12.2 Å². The maximum Gasteiger partial charge on any atom is 0.159 e. The molecule has 0 aliphatic rings. The monoisotopic (exact) mass is 219 g/mol. The summed E-state index contributed by atoms with van der Waals surface area (Å²) >= 11 is 4.98. The molecule has 76 valence electrons. The van der Waals surface area contributed by atoms with E-state index in [1.807, 2.05) is 12.1 Å². The molecule has 0 amide bonds. The molecule has 4 nitrogen and oxygen atoms in total. The van der Waals surface area contributed by atoms with Crippen molar-refractivity contribution in [3.63, 3.8) is 0 Å². The lowest BCUT2D eigenvalue weighted by Gasteiger charge is -2.09. The average Bonchev–Trinajstić information content (AvgIpc) is 2.18. The smallest absolute Gasteiger partial charge is 0.159 e. The first kappa shape index (κ1) is 11.2. The topological polar surface area (TPSA) is 72.6 Å². The van der Waals surface area contributed by atoms with Gasteiger partial charge in [0, 0.05) is 5.69 Å².